The number of aromatic nitrogens is 3. The summed E-state index contributed by atoms with van der Waals surface area (Å²) in [6.07, 6.45) is 1.61. The Morgan fingerprint density at radius 1 is 1.29 bits per heavy atom. The summed E-state index contributed by atoms with van der Waals surface area (Å²) < 4.78 is 0. The summed E-state index contributed by atoms with van der Waals surface area (Å²) in [6.45, 7) is 0.460. The predicted octanol–water partition coefficient (Wildman–Crippen LogP) is 2.37. The maximum Gasteiger partial charge on any atom is 0.147 e. The Balaban J connectivity index is 2.12. The van der Waals surface area contributed by atoms with Crippen molar-refractivity contribution >= 4 is 34.8 Å². The van der Waals surface area contributed by atoms with Crippen molar-refractivity contribution in [2.75, 3.05) is 11.1 Å². The van der Waals surface area contributed by atoms with Crippen LogP contribution in [-0.2, 0) is 6.54 Å². The minimum Gasteiger partial charge on any atom is -0.382 e. The molecule has 7 heteroatoms. The molecular formula is C10H9Cl2N5. The summed E-state index contributed by atoms with van der Waals surface area (Å²) in [4.78, 5) is 4.04. The molecule has 2 rings (SSSR count). The van der Waals surface area contributed by atoms with E-state index in [1.54, 1.807) is 18.3 Å². The zero-order valence-electron chi connectivity index (χ0n) is 8.69. The van der Waals surface area contributed by atoms with Gasteiger partial charge in [-0.1, -0.05) is 23.2 Å². The number of pyridine rings is 1. The van der Waals surface area contributed by atoms with Crippen molar-refractivity contribution in [1.29, 1.82) is 0 Å². The van der Waals surface area contributed by atoms with Crippen LogP contribution in [0.5, 0.6) is 0 Å². The number of rotatable bonds is 3. The van der Waals surface area contributed by atoms with Crippen LogP contribution in [0, 0.1) is 0 Å². The van der Waals surface area contributed by atoms with Crippen LogP contribution in [0.3, 0.4) is 0 Å². The molecule has 0 aromatic carbocycles. The van der Waals surface area contributed by atoms with E-state index in [4.69, 9.17) is 28.9 Å². The van der Waals surface area contributed by atoms with Gasteiger partial charge in [-0.2, -0.15) is 10.2 Å². The number of nitrogens with zero attached hydrogens (tertiary/aromatic N) is 3. The Labute approximate surface area is 108 Å². The number of nitrogens with two attached hydrogens (primary N) is 1. The van der Waals surface area contributed by atoms with Crippen molar-refractivity contribution in [3.8, 4) is 0 Å². The standard InChI is InChI=1S/C10H9Cl2N5/c11-7-4-8(12)10(16-9(7)13)14-5-6-2-1-3-15-17-6/h1-4H,5H2,(H3,13,14,16). The molecule has 0 amide bonds. The van der Waals surface area contributed by atoms with Gasteiger partial charge < -0.3 is 11.1 Å². The van der Waals surface area contributed by atoms with Gasteiger partial charge in [-0.15, -0.1) is 0 Å². The van der Waals surface area contributed by atoms with Gasteiger partial charge in [0.05, 0.1) is 22.3 Å². The first-order valence-electron chi connectivity index (χ1n) is 4.79. The van der Waals surface area contributed by atoms with Crippen LogP contribution in [-0.4, -0.2) is 15.2 Å². The fraction of sp³-hybridized carbons (Fsp3) is 0.100. The Morgan fingerprint density at radius 2 is 2.12 bits per heavy atom. The summed E-state index contributed by atoms with van der Waals surface area (Å²) in [7, 11) is 0. The van der Waals surface area contributed by atoms with Crippen LogP contribution in [0.15, 0.2) is 24.4 Å². The second-order valence-corrected chi connectivity index (χ2v) is 4.07. The molecule has 0 saturated carbocycles. The monoisotopic (exact) mass is 269 g/mol. The molecule has 2 aromatic heterocycles. The van der Waals surface area contributed by atoms with Crippen molar-refractivity contribution in [3.05, 3.63) is 40.1 Å². The molecule has 0 bridgehead atoms. The molecule has 0 spiro atoms. The second-order valence-electron chi connectivity index (χ2n) is 3.25. The van der Waals surface area contributed by atoms with E-state index >= 15 is 0 Å². The molecule has 5 nitrogen and oxygen atoms in total. The number of anilines is 2. The minimum absolute atomic E-state index is 0.234. The number of nitrogens with one attached hydrogen (secondary N) is 1. The number of nitrogen functional groups attached to an aromatic ring is 1. The fourth-order valence-corrected chi connectivity index (χ4v) is 1.63. The SMILES string of the molecule is Nc1nc(NCc2cccnn2)c(Cl)cc1Cl. The van der Waals surface area contributed by atoms with Gasteiger partial charge in [-0.05, 0) is 18.2 Å². The molecule has 17 heavy (non-hydrogen) atoms. The van der Waals surface area contributed by atoms with Gasteiger partial charge in [0.15, 0.2) is 0 Å². The Hall–Kier alpha value is -1.59. The lowest BCUT2D eigenvalue weighted by Crippen LogP contribution is -2.05. The van der Waals surface area contributed by atoms with E-state index in [0.29, 0.717) is 22.4 Å². The number of hydrogen-bond acceptors (Lipinski definition) is 5. The largest absolute Gasteiger partial charge is 0.382 e. The number of halogens is 2. The van der Waals surface area contributed by atoms with E-state index in [1.165, 1.54) is 0 Å². The maximum atomic E-state index is 5.97. The molecule has 0 aliphatic heterocycles. The van der Waals surface area contributed by atoms with Crippen molar-refractivity contribution < 1.29 is 0 Å². The van der Waals surface area contributed by atoms with Crippen molar-refractivity contribution in [3.63, 3.8) is 0 Å². The van der Waals surface area contributed by atoms with E-state index < -0.39 is 0 Å². The third kappa shape index (κ3) is 2.95. The minimum atomic E-state index is 0.234. The van der Waals surface area contributed by atoms with Crippen LogP contribution in [0.2, 0.25) is 10.0 Å². The smallest absolute Gasteiger partial charge is 0.147 e. The van der Waals surface area contributed by atoms with E-state index in [-0.39, 0.29) is 5.82 Å². The molecule has 0 unspecified atom stereocenters. The topological polar surface area (TPSA) is 76.7 Å². The highest BCUT2D eigenvalue weighted by molar-refractivity contribution is 6.37. The quantitative estimate of drug-likeness (QED) is 0.895. The molecule has 3 N–H and O–H groups in total. The first-order valence-corrected chi connectivity index (χ1v) is 5.54. The van der Waals surface area contributed by atoms with Gasteiger partial charge in [0.1, 0.15) is 11.6 Å². The van der Waals surface area contributed by atoms with E-state index in [1.807, 2.05) is 6.07 Å². The highest BCUT2D eigenvalue weighted by Crippen LogP contribution is 2.27. The van der Waals surface area contributed by atoms with Crippen LogP contribution in [0.4, 0.5) is 11.6 Å². The molecule has 2 heterocycles. The normalized spacial score (nSPS) is 10.2. The van der Waals surface area contributed by atoms with Gasteiger partial charge in [0.25, 0.3) is 0 Å². The molecule has 0 saturated heterocycles. The van der Waals surface area contributed by atoms with Gasteiger partial charge in [0.2, 0.25) is 0 Å². The average molecular weight is 270 g/mol. The lowest BCUT2D eigenvalue weighted by Gasteiger charge is -2.08. The van der Waals surface area contributed by atoms with Gasteiger partial charge in [-0.25, -0.2) is 4.98 Å². The predicted molar refractivity (Wildman–Crippen MR) is 68.0 cm³/mol. The molecule has 0 atom stereocenters. The first-order chi connectivity index (χ1) is 8.16. The lowest BCUT2D eigenvalue weighted by molar-refractivity contribution is 0.921. The zero-order valence-corrected chi connectivity index (χ0v) is 10.2. The van der Waals surface area contributed by atoms with Crippen LogP contribution in [0.1, 0.15) is 5.69 Å². The third-order valence-corrected chi connectivity index (χ3v) is 2.61. The van der Waals surface area contributed by atoms with Crippen LogP contribution >= 0.6 is 23.2 Å². The Bertz CT molecular complexity index is 518. The lowest BCUT2D eigenvalue weighted by atomic mass is 10.3. The highest BCUT2D eigenvalue weighted by Gasteiger charge is 2.06. The highest BCUT2D eigenvalue weighted by atomic mass is 35.5. The molecule has 0 fully saturated rings. The van der Waals surface area contributed by atoms with Crippen LogP contribution in [0.25, 0.3) is 0 Å². The molecular weight excluding hydrogens is 261 g/mol. The Kier molecular flexibility index (Phi) is 3.61. The molecule has 2 aromatic rings. The van der Waals surface area contributed by atoms with Gasteiger partial charge in [0, 0.05) is 6.20 Å². The van der Waals surface area contributed by atoms with E-state index in [0.717, 1.165) is 5.69 Å². The van der Waals surface area contributed by atoms with E-state index in [2.05, 4.69) is 20.5 Å². The van der Waals surface area contributed by atoms with Gasteiger partial charge >= 0.3 is 0 Å². The fourth-order valence-electron chi connectivity index (χ4n) is 1.21. The average Bonchev–Trinajstić information content (AvgIpc) is 2.33. The van der Waals surface area contributed by atoms with Crippen LogP contribution < -0.4 is 11.1 Å². The summed E-state index contributed by atoms with van der Waals surface area (Å²) in [5.41, 5.74) is 6.37. The summed E-state index contributed by atoms with van der Waals surface area (Å²) >= 11 is 11.7. The van der Waals surface area contributed by atoms with Crippen molar-refractivity contribution in [1.82, 2.24) is 15.2 Å². The number of hydrogen-bond donors (Lipinski definition) is 2. The third-order valence-electron chi connectivity index (χ3n) is 2.02. The summed E-state index contributed by atoms with van der Waals surface area (Å²) in [5.74, 6) is 0.705. The molecule has 0 radical (unpaired) electrons. The maximum absolute atomic E-state index is 5.97. The molecule has 0 aliphatic rings. The van der Waals surface area contributed by atoms with Crippen molar-refractivity contribution in [2.45, 2.75) is 6.54 Å². The van der Waals surface area contributed by atoms with Crippen molar-refractivity contribution in [2.24, 2.45) is 0 Å². The molecule has 88 valence electrons. The second kappa shape index (κ2) is 5.16. The molecule has 0 aliphatic carbocycles. The summed E-state index contributed by atoms with van der Waals surface area (Å²) in [6, 6.07) is 5.19. The summed E-state index contributed by atoms with van der Waals surface area (Å²) in [5, 5.41) is 11.4. The Morgan fingerprint density at radius 3 is 2.82 bits per heavy atom. The van der Waals surface area contributed by atoms with E-state index in [9.17, 15) is 0 Å². The van der Waals surface area contributed by atoms with Gasteiger partial charge in [-0.3, -0.25) is 0 Å². The first kappa shape index (κ1) is 11.9. The zero-order chi connectivity index (χ0) is 12.3.